The van der Waals surface area contributed by atoms with Gasteiger partial charge in [0.2, 0.25) is 0 Å². The molecule has 14 heavy (non-hydrogen) atoms. The summed E-state index contributed by atoms with van der Waals surface area (Å²) in [6.45, 7) is 11.1. The van der Waals surface area contributed by atoms with Crippen LogP contribution in [-0.4, -0.2) is 0 Å². The first kappa shape index (κ1) is 11.3. The molecule has 0 aliphatic rings. The van der Waals surface area contributed by atoms with E-state index in [0.717, 1.165) is 6.42 Å². The Labute approximate surface area is 88.4 Å². The first-order chi connectivity index (χ1) is 6.54. The predicted molar refractivity (Wildman–Crippen MR) is 62.8 cm³/mol. The lowest BCUT2D eigenvalue weighted by Gasteiger charge is -2.12. The van der Waals surface area contributed by atoms with Crippen LogP contribution < -0.4 is 0 Å². The van der Waals surface area contributed by atoms with E-state index >= 15 is 0 Å². The number of hydrogen-bond acceptors (Lipinski definition) is 0. The summed E-state index contributed by atoms with van der Waals surface area (Å²) in [5, 5.41) is 0. The van der Waals surface area contributed by atoms with Gasteiger partial charge in [-0.3, -0.25) is 0 Å². The van der Waals surface area contributed by atoms with E-state index in [9.17, 15) is 0 Å². The van der Waals surface area contributed by atoms with E-state index in [2.05, 4.69) is 52.8 Å². The Morgan fingerprint density at radius 3 is 1.71 bits per heavy atom. The summed E-state index contributed by atoms with van der Waals surface area (Å²) in [5.41, 5.74) is 4.15. The summed E-state index contributed by atoms with van der Waals surface area (Å²) in [7, 11) is 0. The van der Waals surface area contributed by atoms with Crippen LogP contribution in [-0.2, 0) is 6.42 Å². The average Bonchev–Trinajstić information content (AvgIpc) is 2.16. The molecule has 0 nitrogen and oxygen atoms in total. The lowest BCUT2D eigenvalue weighted by Crippen LogP contribution is -1.96. The van der Waals surface area contributed by atoms with Crippen LogP contribution in [0.1, 0.15) is 63.1 Å². The van der Waals surface area contributed by atoms with Gasteiger partial charge in [-0.25, -0.2) is 0 Å². The van der Waals surface area contributed by atoms with Gasteiger partial charge in [0.05, 0.1) is 0 Å². The minimum Gasteiger partial charge on any atom is -0.0613 e. The van der Waals surface area contributed by atoms with Crippen molar-refractivity contribution >= 4 is 0 Å². The van der Waals surface area contributed by atoms with Gasteiger partial charge in [0.25, 0.3) is 0 Å². The second-order valence-corrected chi connectivity index (χ2v) is 4.56. The van der Waals surface area contributed by atoms with Crippen molar-refractivity contribution in [3.63, 3.8) is 0 Å². The largest absolute Gasteiger partial charge is 0.0613 e. The molecule has 0 bridgehead atoms. The number of aryl methyl sites for hydroxylation is 1. The van der Waals surface area contributed by atoms with E-state index in [1.165, 1.54) is 16.7 Å². The van der Waals surface area contributed by atoms with Crippen LogP contribution in [0.2, 0.25) is 0 Å². The van der Waals surface area contributed by atoms with Gasteiger partial charge < -0.3 is 0 Å². The van der Waals surface area contributed by atoms with Crippen LogP contribution in [0.4, 0.5) is 0 Å². The zero-order valence-electron chi connectivity index (χ0n) is 10.0. The Morgan fingerprint density at radius 1 is 1.00 bits per heavy atom. The van der Waals surface area contributed by atoms with Crippen molar-refractivity contribution in [3.8, 4) is 0 Å². The Balaban J connectivity index is 3.13. The summed E-state index contributed by atoms with van der Waals surface area (Å²) in [5.74, 6) is 1.16. The van der Waals surface area contributed by atoms with Gasteiger partial charge in [-0.2, -0.15) is 0 Å². The second kappa shape index (κ2) is 4.63. The Bertz CT molecular complexity index is 269. The summed E-state index contributed by atoms with van der Waals surface area (Å²) in [6, 6.07) is 8.09. The minimum absolute atomic E-state index is 0.582. The topological polar surface area (TPSA) is 0 Å². The molecule has 0 aliphatic carbocycles. The Kier molecular flexibility index (Phi) is 3.74. The van der Waals surface area contributed by atoms with E-state index in [1.54, 1.807) is 0 Å². The molecule has 0 spiro atoms. The first-order valence-corrected chi connectivity index (χ1v) is 5.60. The first-order valence-electron chi connectivity index (χ1n) is 5.60. The second-order valence-electron chi connectivity index (χ2n) is 4.56. The fourth-order valence-corrected chi connectivity index (χ4v) is 1.51. The molecule has 0 unspecified atom stereocenters. The van der Waals surface area contributed by atoms with Crippen molar-refractivity contribution in [1.29, 1.82) is 0 Å². The maximum atomic E-state index is 3.52. The van der Waals surface area contributed by atoms with E-state index < -0.39 is 0 Å². The smallest absolute Gasteiger partial charge is 0.0109 e. The minimum atomic E-state index is 0.582. The maximum absolute atomic E-state index is 3.52. The van der Waals surface area contributed by atoms with Crippen LogP contribution >= 0.6 is 0 Å². The molecule has 0 atom stereocenters. The molecule has 77 valence electrons. The summed E-state index contributed by atoms with van der Waals surface area (Å²) < 4.78 is 0. The molecule has 0 aromatic heterocycles. The fraction of sp³-hybridized carbons (Fsp3) is 0.571. The highest BCUT2D eigenvalue weighted by Crippen LogP contribution is 2.22. The third-order valence-electron chi connectivity index (χ3n) is 2.62. The van der Waals surface area contributed by atoms with E-state index in [0.29, 0.717) is 11.8 Å². The summed E-state index contributed by atoms with van der Waals surface area (Å²) in [6.07, 6.45) is 1.12. The van der Waals surface area contributed by atoms with Crippen LogP contribution in [0.15, 0.2) is 12.1 Å². The highest BCUT2D eigenvalue weighted by atomic mass is 14.1. The molecule has 0 saturated carbocycles. The third kappa shape index (κ3) is 2.60. The number of rotatable bonds is 3. The van der Waals surface area contributed by atoms with Crippen LogP contribution in [0, 0.1) is 6.07 Å². The van der Waals surface area contributed by atoms with Crippen molar-refractivity contribution in [3.05, 3.63) is 34.9 Å². The quantitative estimate of drug-likeness (QED) is 0.665. The van der Waals surface area contributed by atoms with E-state index in [1.807, 2.05) is 0 Å². The lowest BCUT2D eigenvalue weighted by molar-refractivity contribution is 0.824. The van der Waals surface area contributed by atoms with Gasteiger partial charge >= 0.3 is 0 Å². The third-order valence-corrected chi connectivity index (χ3v) is 2.62. The number of hydrogen-bond donors (Lipinski definition) is 0. The monoisotopic (exact) mass is 189 g/mol. The van der Waals surface area contributed by atoms with Gasteiger partial charge in [-0.1, -0.05) is 46.8 Å². The van der Waals surface area contributed by atoms with E-state index in [-0.39, 0.29) is 0 Å². The molecule has 0 N–H and O–H groups in total. The zero-order valence-corrected chi connectivity index (χ0v) is 10.0. The molecule has 1 rings (SSSR count). The number of benzene rings is 1. The van der Waals surface area contributed by atoms with Gasteiger partial charge in [0, 0.05) is 0 Å². The molecule has 1 aromatic rings. The van der Waals surface area contributed by atoms with Crippen molar-refractivity contribution in [2.45, 2.75) is 52.9 Å². The van der Waals surface area contributed by atoms with Crippen molar-refractivity contribution in [1.82, 2.24) is 0 Å². The van der Waals surface area contributed by atoms with E-state index in [4.69, 9.17) is 0 Å². The van der Waals surface area contributed by atoms with Crippen molar-refractivity contribution in [2.75, 3.05) is 0 Å². The molecule has 1 aromatic carbocycles. The molecular weight excluding hydrogens is 168 g/mol. The Hall–Kier alpha value is -0.780. The molecular formula is C14H21. The summed E-state index contributed by atoms with van der Waals surface area (Å²) >= 11 is 0. The normalized spacial score (nSPS) is 11.4. The highest BCUT2D eigenvalue weighted by molar-refractivity contribution is 5.32. The molecule has 0 heterocycles. The van der Waals surface area contributed by atoms with Crippen molar-refractivity contribution in [2.24, 2.45) is 0 Å². The lowest BCUT2D eigenvalue weighted by atomic mass is 9.92. The van der Waals surface area contributed by atoms with Crippen LogP contribution in [0.25, 0.3) is 0 Å². The maximum Gasteiger partial charge on any atom is -0.0109 e. The van der Waals surface area contributed by atoms with Gasteiger partial charge in [-0.15, -0.1) is 0 Å². The van der Waals surface area contributed by atoms with Gasteiger partial charge in [0.15, 0.2) is 0 Å². The highest BCUT2D eigenvalue weighted by Gasteiger charge is 2.06. The fourth-order valence-electron chi connectivity index (χ4n) is 1.51. The predicted octanol–water partition coefficient (Wildman–Crippen LogP) is 4.30. The van der Waals surface area contributed by atoms with Gasteiger partial charge in [0.1, 0.15) is 0 Å². The van der Waals surface area contributed by atoms with Gasteiger partial charge in [-0.05, 0) is 41.0 Å². The molecule has 0 amide bonds. The Morgan fingerprint density at radius 2 is 1.43 bits per heavy atom. The molecule has 0 heteroatoms. The summed E-state index contributed by atoms with van der Waals surface area (Å²) in [4.78, 5) is 0. The van der Waals surface area contributed by atoms with Crippen molar-refractivity contribution < 1.29 is 0 Å². The molecule has 1 radical (unpaired) electrons. The van der Waals surface area contributed by atoms with Crippen LogP contribution in [0.3, 0.4) is 0 Å². The molecule has 0 saturated heterocycles. The molecule has 0 fully saturated rings. The average molecular weight is 189 g/mol. The van der Waals surface area contributed by atoms with Crippen LogP contribution in [0.5, 0.6) is 0 Å². The SMILES string of the molecule is CCc1cc(C(C)C)[c]c(C(C)C)c1. The zero-order chi connectivity index (χ0) is 10.7. The standard InChI is InChI=1S/C14H21/c1-6-12-7-13(10(2)3)9-14(8-12)11(4)5/h7-8,10-11H,6H2,1-5H3. The molecule has 0 aliphatic heterocycles.